The summed E-state index contributed by atoms with van der Waals surface area (Å²) >= 11 is 0. The first kappa shape index (κ1) is 19.4. The van der Waals surface area contributed by atoms with Crippen molar-refractivity contribution in [3.63, 3.8) is 0 Å². The van der Waals surface area contributed by atoms with Crippen LogP contribution >= 0.6 is 0 Å². The second-order valence-corrected chi connectivity index (χ2v) is 7.86. The molecule has 0 amide bonds. The molecule has 4 rings (SSSR count). The molecule has 1 unspecified atom stereocenters. The third-order valence-corrected chi connectivity index (χ3v) is 5.80. The Hall–Kier alpha value is -2.91. The highest BCUT2D eigenvalue weighted by atomic mass is 16.5. The Morgan fingerprint density at radius 3 is 2.90 bits per heavy atom. The molecule has 0 saturated carbocycles. The first-order chi connectivity index (χ1) is 14.1. The van der Waals surface area contributed by atoms with Gasteiger partial charge in [0.05, 0.1) is 12.3 Å². The van der Waals surface area contributed by atoms with Gasteiger partial charge >= 0.3 is 0 Å². The molecule has 0 spiro atoms. The quantitative estimate of drug-likeness (QED) is 0.661. The van der Waals surface area contributed by atoms with Crippen molar-refractivity contribution in [3.05, 3.63) is 41.9 Å². The number of ether oxygens (including phenoxy) is 1. The van der Waals surface area contributed by atoms with Crippen molar-refractivity contribution in [3.8, 4) is 23.1 Å². The summed E-state index contributed by atoms with van der Waals surface area (Å²) in [7, 11) is 1.92. The lowest BCUT2D eigenvalue weighted by atomic mass is 9.99. The van der Waals surface area contributed by atoms with Crippen LogP contribution in [0.4, 0.5) is 0 Å². The fraction of sp³-hybridized carbons (Fsp3) is 0.435. The summed E-state index contributed by atoms with van der Waals surface area (Å²) in [6.45, 7) is 8.48. The molecule has 29 heavy (non-hydrogen) atoms. The van der Waals surface area contributed by atoms with Crippen LogP contribution < -0.4 is 4.74 Å². The molecule has 1 saturated heterocycles. The van der Waals surface area contributed by atoms with Gasteiger partial charge in [-0.3, -0.25) is 0 Å². The van der Waals surface area contributed by atoms with Crippen LogP contribution in [0.5, 0.6) is 5.75 Å². The maximum absolute atomic E-state index is 9.32. The SMILES string of the molecule is CCN1CCCC(COc2ccc(-c3nc(C#N)nc4c3ccn4C)cc2C)C1. The number of nitriles is 1. The van der Waals surface area contributed by atoms with Crippen molar-refractivity contribution in [1.29, 1.82) is 5.26 Å². The number of hydrogen-bond donors (Lipinski definition) is 0. The number of nitrogens with zero attached hydrogens (tertiary/aromatic N) is 5. The second-order valence-electron chi connectivity index (χ2n) is 7.86. The van der Waals surface area contributed by atoms with Crippen molar-refractivity contribution in [2.75, 3.05) is 26.2 Å². The minimum Gasteiger partial charge on any atom is -0.493 e. The second kappa shape index (κ2) is 8.22. The lowest BCUT2D eigenvalue weighted by Crippen LogP contribution is -2.37. The molecule has 1 atom stereocenters. The molecule has 1 aliphatic rings. The number of likely N-dealkylation sites (tertiary alicyclic amines) is 1. The molecule has 3 aromatic rings. The smallest absolute Gasteiger partial charge is 0.234 e. The van der Waals surface area contributed by atoms with E-state index < -0.39 is 0 Å². The van der Waals surface area contributed by atoms with E-state index in [0.29, 0.717) is 5.92 Å². The fourth-order valence-corrected chi connectivity index (χ4v) is 4.15. The predicted octanol–water partition coefficient (Wildman–Crippen LogP) is 3.93. The van der Waals surface area contributed by atoms with Crippen LogP contribution in [0.1, 0.15) is 31.2 Å². The number of piperidine rings is 1. The maximum Gasteiger partial charge on any atom is 0.234 e. The number of rotatable bonds is 5. The number of hydrogen-bond acceptors (Lipinski definition) is 5. The molecule has 150 valence electrons. The zero-order valence-corrected chi connectivity index (χ0v) is 17.4. The van der Waals surface area contributed by atoms with Crippen LogP contribution in [0, 0.1) is 24.2 Å². The van der Waals surface area contributed by atoms with Crippen molar-refractivity contribution in [1.82, 2.24) is 19.4 Å². The largest absolute Gasteiger partial charge is 0.493 e. The summed E-state index contributed by atoms with van der Waals surface area (Å²) in [5, 5.41) is 10.3. The molecule has 0 radical (unpaired) electrons. The molecular formula is C23H27N5O. The van der Waals surface area contributed by atoms with Crippen LogP contribution in [0.15, 0.2) is 30.5 Å². The number of fused-ring (bicyclic) bond motifs is 1. The Morgan fingerprint density at radius 1 is 1.28 bits per heavy atom. The van der Waals surface area contributed by atoms with E-state index in [-0.39, 0.29) is 5.82 Å². The summed E-state index contributed by atoms with van der Waals surface area (Å²) in [5.41, 5.74) is 3.60. The molecule has 1 aromatic carbocycles. The summed E-state index contributed by atoms with van der Waals surface area (Å²) in [6, 6.07) is 10.2. The topological polar surface area (TPSA) is 67.0 Å². The fourth-order valence-electron chi connectivity index (χ4n) is 4.15. The lowest BCUT2D eigenvalue weighted by Gasteiger charge is -2.31. The van der Waals surface area contributed by atoms with Crippen molar-refractivity contribution >= 4 is 11.0 Å². The minimum atomic E-state index is 0.185. The highest BCUT2D eigenvalue weighted by molar-refractivity contribution is 5.91. The van der Waals surface area contributed by atoms with Crippen molar-refractivity contribution < 1.29 is 4.74 Å². The number of aryl methyl sites for hydroxylation is 2. The van der Waals surface area contributed by atoms with Gasteiger partial charge in [-0.1, -0.05) is 6.92 Å². The van der Waals surface area contributed by atoms with Crippen LogP contribution in [-0.4, -0.2) is 45.7 Å². The molecule has 0 aliphatic carbocycles. The first-order valence-electron chi connectivity index (χ1n) is 10.3. The Morgan fingerprint density at radius 2 is 2.14 bits per heavy atom. The molecule has 3 heterocycles. The van der Waals surface area contributed by atoms with Crippen LogP contribution in [-0.2, 0) is 7.05 Å². The van der Waals surface area contributed by atoms with Gasteiger partial charge in [-0.25, -0.2) is 9.97 Å². The van der Waals surface area contributed by atoms with E-state index in [1.807, 2.05) is 36.0 Å². The van der Waals surface area contributed by atoms with Gasteiger partial charge in [0.1, 0.15) is 17.5 Å². The summed E-state index contributed by atoms with van der Waals surface area (Å²) in [5.74, 6) is 1.69. The number of aromatic nitrogens is 3. The molecule has 1 aliphatic heterocycles. The van der Waals surface area contributed by atoms with Crippen LogP contribution in [0.3, 0.4) is 0 Å². The third-order valence-electron chi connectivity index (χ3n) is 5.80. The van der Waals surface area contributed by atoms with Gasteiger partial charge in [-0.2, -0.15) is 5.26 Å². The van der Waals surface area contributed by atoms with E-state index in [2.05, 4.69) is 40.9 Å². The van der Waals surface area contributed by atoms with E-state index in [9.17, 15) is 5.26 Å². The minimum absolute atomic E-state index is 0.185. The van der Waals surface area contributed by atoms with Crippen LogP contribution in [0.25, 0.3) is 22.3 Å². The summed E-state index contributed by atoms with van der Waals surface area (Å²) in [6.07, 6.45) is 4.43. The van der Waals surface area contributed by atoms with E-state index in [0.717, 1.165) is 53.3 Å². The Bertz CT molecular complexity index is 1070. The van der Waals surface area contributed by atoms with Crippen molar-refractivity contribution in [2.45, 2.75) is 26.7 Å². The van der Waals surface area contributed by atoms with E-state index in [4.69, 9.17) is 4.74 Å². The highest BCUT2D eigenvalue weighted by Gasteiger charge is 2.20. The van der Waals surface area contributed by atoms with Gasteiger partial charge in [0.15, 0.2) is 0 Å². The molecule has 1 fully saturated rings. The standard InChI is InChI=1S/C23H27N5O/c1-4-28-10-5-6-17(14-28)15-29-20-8-7-18(12-16(20)2)22-19-9-11-27(3)23(19)26-21(13-24)25-22/h7-9,11-12,17H,4-6,10,14-15H2,1-3H3. The Balaban J connectivity index is 1.56. The van der Waals surface area contributed by atoms with Gasteiger partial charge < -0.3 is 14.2 Å². The van der Waals surface area contributed by atoms with Gasteiger partial charge in [-0.05, 0) is 62.7 Å². The molecule has 0 bridgehead atoms. The molecule has 6 heteroatoms. The average molecular weight is 390 g/mol. The average Bonchev–Trinajstić information content (AvgIpc) is 3.13. The zero-order chi connectivity index (χ0) is 20.4. The van der Waals surface area contributed by atoms with Gasteiger partial charge in [0.2, 0.25) is 5.82 Å². The Labute approximate surface area is 171 Å². The van der Waals surface area contributed by atoms with E-state index in [1.165, 1.54) is 19.4 Å². The molecular weight excluding hydrogens is 362 g/mol. The first-order valence-corrected chi connectivity index (χ1v) is 10.3. The van der Waals surface area contributed by atoms with Gasteiger partial charge in [0, 0.05) is 36.7 Å². The van der Waals surface area contributed by atoms with Gasteiger partial charge in [0.25, 0.3) is 0 Å². The third kappa shape index (κ3) is 3.96. The predicted molar refractivity (Wildman–Crippen MR) is 114 cm³/mol. The summed E-state index contributed by atoms with van der Waals surface area (Å²) in [4.78, 5) is 11.3. The molecule has 6 nitrogen and oxygen atoms in total. The Kier molecular flexibility index (Phi) is 5.50. The monoisotopic (exact) mass is 389 g/mol. The summed E-state index contributed by atoms with van der Waals surface area (Å²) < 4.78 is 8.09. The zero-order valence-electron chi connectivity index (χ0n) is 17.4. The number of benzene rings is 1. The normalized spacial score (nSPS) is 17.4. The maximum atomic E-state index is 9.32. The lowest BCUT2D eigenvalue weighted by molar-refractivity contribution is 0.134. The highest BCUT2D eigenvalue weighted by Crippen LogP contribution is 2.30. The van der Waals surface area contributed by atoms with E-state index >= 15 is 0 Å². The van der Waals surface area contributed by atoms with E-state index in [1.54, 1.807) is 0 Å². The van der Waals surface area contributed by atoms with Gasteiger partial charge in [-0.15, -0.1) is 0 Å². The molecule has 0 N–H and O–H groups in total. The van der Waals surface area contributed by atoms with Crippen LogP contribution in [0.2, 0.25) is 0 Å². The van der Waals surface area contributed by atoms with Crippen molar-refractivity contribution in [2.24, 2.45) is 13.0 Å². The molecule has 2 aromatic heterocycles.